The van der Waals surface area contributed by atoms with E-state index in [-0.39, 0.29) is 5.92 Å². The van der Waals surface area contributed by atoms with Gasteiger partial charge >= 0.3 is 0 Å². The minimum Gasteiger partial charge on any atom is -0.379 e. The van der Waals surface area contributed by atoms with Gasteiger partial charge in [-0.2, -0.15) is 0 Å². The van der Waals surface area contributed by atoms with Crippen LogP contribution in [0.25, 0.3) is 0 Å². The molecule has 1 unspecified atom stereocenters. The Hall–Kier alpha value is -0.440. The van der Waals surface area contributed by atoms with Crippen LogP contribution in [0.1, 0.15) is 6.42 Å². The second kappa shape index (κ2) is 2.22. The van der Waals surface area contributed by atoms with Crippen LogP contribution in [0.15, 0.2) is 0 Å². The van der Waals surface area contributed by atoms with Crippen LogP contribution in [0.4, 0.5) is 0 Å². The smallest absolute Gasteiger partial charge is 0.129 e. The lowest BCUT2D eigenvalue weighted by Gasteiger charge is -1.93. The SMILES string of the molecule is O=CC1CCNC1=S. The third-order valence-corrected chi connectivity index (χ3v) is 1.70. The van der Waals surface area contributed by atoms with Gasteiger partial charge in [-0.1, -0.05) is 12.2 Å². The van der Waals surface area contributed by atoms with E-state index >= 15 is 0 Å². The highest BCUT2D eigenvalue weighted by molar-refractivity contribution is 7.80. The first kappa shape index (κ1) is 5.69. The lowest BCUT2D eigenvalue weighted by molar-refractivity contribution is -0.109. The van der Waals surface area contributed by atoms with Crippen LogP contribution in [-0.2, 0) is 4.79 Å². The molecule has 1 atom stereocenters. The van der Waals surface area contributed by atoms with Crippen molar-refractivity contribution >= 4 is 23.5 Å². The highest BCUT2D eigenvalue weighted by Crippen LogP contribution is 2.06. The minimum absolute atomic E-state index is 0.00463. The van der Waals surface area contributed by atoms with Crippen LogP contribution >= 0.6 is 12.2 Å². The van der Waals surface area contributed by atoms with E-state index in [2.05, 4.69) is 5.32 Å². The van der Waals surface area contributed by atoms with E-state index in [1.54, 1.807) is 0 Å². The van der Waals surface area contributed by atoms with Gasteiger partial charge in [-0.05, 0) is 6.42 Å². The quantitative estimate of drug-likeness (QED) is 0.403. The summed E-state index contributed by atoms with van der Waals surface area (Å²) >= 11 is 4.80. The number of thiocarbonyl (C=S) groups is 1. The van der Waals surface area contributed by atoms with E-state index < -0.39 is 0 Å². The molecule has 0 aromatic rings. The highest BCUT2D eigenvalue weighted by Gasteiger charge is 2.18. The predicted octanol–water partition coefficient (Wildman–Crippen LogP) is 0.122. The maximum absolute atomic E-state index is 10.1. The van der Waals surface area contributed by atoms with Crippen LogP contribution in [0.2, 0.25) is 0 Å². The molecule has 1 aliphatic heterocycles. The van der Waals surface area contributed by atoms with Crippen molar-refractivity contribution in [2.45, 2.75) is 6.42 Å². The molecule has 1 fully saturated rings. The molecule has 0 radical (unpaired) electrons. The van der Waals surface area contributed by atoms with Crippen molar-refractivity contribution in [2.75, 3.05) is 6.54 Å². The van der Waals surface area contributed by atoms with Gasteiger partial charge in [-0.3, -0.25) is 0 Å². The standard InChI is InChI=1S/C5H7NOS/c7-3-4-1-2-6-5(4)8/h3-4H,1-2H2,(H,6,8). The third-order valence-electron chi connectivity index (χ3n) is 1.26. The number of hydrogen-bond acceptors (Lipinski definition) is 2. The van der Waals surface area contributed by atoms with Crippen molar-refractivity contribution in [3.05, 3.63) is 0 Å². The van der Waals surface area contributed by atoms with E-state index in [1.807, 2.05) is 0 Å². The van der Waals surface area contributed by atoms with Gasteiger partial charge in [-0.15, -0.1) is 0 Å². The lowest BCUT2D eigenvalue weighted by Crippen LogP contribution is -2.17. The van der Waals surface area contributed by atoms with E-state index in [4.69, 9.17) is 12.2 Å². The molecule has 3 heteroatoms. The van der Waals surface area contributed by atoms with Gasteiger partial charge in [0, 0.05) is 6.54 Å². The fourth-order valence-corrected chi connectivity index (χ4v) is 1.02. The van der Waals surface area contributed by atoms with Gasteiger partial charge in [0.05, 0.1) is 10.9 Å². The first-order valence-electron chi connectivity index (χ1n) is 2.57. The average Bonchev–Trinajstić information content (AvgIpc) is 2.14. The Morgan fingerprint density at radius 3 is 2.88 bits per heavy atom. The monoisotopic (exact) mass is 129 g/mol. The summed E-state index contributed by atoms with van der Waals surface area (Å²) in [6.45, 7) is 0.863. The lowest BCUT2D eigenvalue weighted by atomic mass is 10.1. The summed E-state index contributed by atoms with van der Waals surface area (Å²) < 4.78 is 0. The van der Waals surface area contributed by atoms with E-state index in [0.29, 0.717) is 4.99 Å². The van der Waals surface area contributed by atoms with Gasteiger partial charge in [0.1, 0.15) is 6.29 Å². The topological polar surface area (TPSA) is 29.1 Å². The van der Waals surface area contributed by atoms with Gasteiger partial charge < -0.3 is 10.1 Å². The van der Waals surface area contributed by atoms with E-state index in [9.17, 15) is 4.79 Å². The minimum atomic E-state index is 0.00463. The molecule has 0 spiro atoms. The molecular formula is C5H7NOS. The number of hydrogen-bond donors (Lipinski definition) is 1. The molecule has 0 aromatic heterocycles. The molecule has 0 bridgehead atoms. The Morgan fingerprint density at radius 2 is 2.62 bits per heavy atom. The summed E-state index contributed by atoms with van der Waals surface area (Å²) in [7, 11) is 0. The molecular weight excluding hydrogens is 122 g/mol. The summed E-state index contributed by atoms with van der Waals surface area (Å²) in [6.07, 6.45) is 1.78. The molecule has 1 saturated heterocycles. The summed E-state index contributed by atoms with van der Waals surface area (Å²) in [6, 6.07) is 0. The molecule has 1 N–H and O–H groups in total. The van der Waals surface area contributed by atoms with Gasteiger partial charge in [0.2, 0.25) is 0 Å². The highest BCUT2D eigenvalue weighted by atomic mass is 32.1. The van der Waals surface area contributed by atoms with E-state index in [1.165, 1.54) is 0 Å². The van der Waals surface area contributed by atoms with Crippen molar-refractivity contribution < 1.29 is 4.79 Å². The Kier molecular flexibility index (Phi) is 1.58. The maximum Gasteiger partial charge on any atom is 0.129 e. The molecule has 1 heterocycles. The maximum atomic E-state index is 10.1. The second-order valence-electron chi connectivity index (χ2n) is 1.82. The molecule has 44 valence electrons. The van der Waals surface area contributed by atoms with Crippen molar-refractivity contribution in [3.63, 3.8) is 0 Å². The summed E-state index contributed by atoms with van der Waals surface area (Å²) in [5, 5.41) is 2.92. The molecule has 0 aromatic carbocycles. The zero-order valence-electron chi connectivity index (χ0n) is 4.39. The first-order valence-corrected chi connectivity index (χ1v) is 2.98. The molecule has 1 rings (SSSR count). The normalized spacial score (nSPS) is 27.5. The van der Waals surface area contributed by atoms with Crippen LogP contribution in [0.5, 0.6) is 0 Å². The van der Waals surface area contributed by atoms with Gasteiger partial charge in [0.25, 0.3) is 0 Å². The number of aldehydes is 1. The zero-order chi connectivity index (χ0) is 5.98. The van der Waals surface area contributed by atoms with Crippen LogP contribution < -0.4 is 5.32 Å². The molecule has 0 aliphatic carbocycles. The predicted molar refractivity (Wildman–Crippen MR) is 34.8 cm³/mol. The molecule has 0 saturated carbocycles. The van der Waals surface area contributed by atoms with Gasteiger partial charge in [-0.25, -0.2) is 0 Å². The third kappa shape index (κ3) is 0.865. The second-order valence-corrected chi connectivity index (χ2v) is 2.26. The summed E-state index contributed by atoms with van der Waals surface area (Å²) in [5.74, 6) is 0.00463. The molecule has 1 aliphatic rings. The number of carbonyl (C=O) groups excluding carboxylic acids is 1. The average molecular weight is 129 g/mol. The Morgan fingerprint density at radius 1 is 1.88 bits per heavy atom. The van der Waals surface area contributed by atoms with Gasteiger partial charge in [0.15, 0.2) is 0 Å². The Labute approximate surface area is 53.3 Å². The largest absolute Gasteiger partial charge is 0.379 e. The fourth-order valence-electron chi connectivity index (χ4n) is 0.743. The van der Waals surface area contributed by atoms with Crippen LogP contribution in [0, 0.1) is 5.92 Å². The van der Waals surface area contributed by atoms with Crippen LogP contribution in [0.3, 0.4) is 0 Å². The van der Waals surface area contributed by atoms with E-state index in [0.717, 1.165) is 19.3 Å². The van der Waals surface area contributed by atoms with Crippen molar-refractivity contribution in [1.29, 1.82) is 0 Å². The Balaban J connectivity index is 2.54. The molecule has 8 heavy (non-hydrogen) atoms. The Bertz CT molecular complexity index is 124. The number of carbonyl (C=O) groups is 1. The number of nitrogens with one attached hydrogen (secondary N) is 1. The van der Waals surface area contributed by atoms with Crippen molar-refractivity contribution in [2.24, 2.45) is 5.92 Å². The van der Waals surface area contributed by atoms with Crippen molar-refractivity contribution in [1.82, 2.24) is 5.32 Å². The fraction of sp³-hybridized carbons (Fsp3) is 0.600. The molecule has 2 nitrogen and oxygen atoms in total. The molecule has 0 amide bonds. The summed E-state index contributed by atoms with van der Waals surface area (Å²) in [5.41, 5.74) is 0. The van der Waals surface area contributed by atoms with Crippen LogP contribution in [-0.4, -0.2) is 17.8 Å². The first-order chi connectivity index (χ1) is 3.84. The summed E-state index contributed by atoms with van der Waals surface area (Å²) in [4.78, 5) is 10.8. The zero-order valence-corrected chi connectivity index (χ0v) is 5.20. The number of rotatable bonds is 1. The van der Waals surface area contributed by atoms with Crippen molar-refractivity contribution in [3.8, 4) is 0 Å².